The predicted molar refractivity (Wildman–Crippen MR) is 149 cm³/mol. The Kier molecular flexibility index (Phi) is 7.51. The minimum atomic E-state index is -0.589. The molecule has 5 rings (SSSR count). The quantitative estimate of drug-likeness (QED) is 0.329. The number of halogens is 1. The highest BCUT2D eigenvalue weighted by atomic mass is 35.5. The molecule has 3 heterocycles. The Hall–Kier alpha value is -3.63. The van der Waals surface area contributed by atoms with Crippen molar-refractivity contribution in [3.8, 4) is 5.75 Å². The van der Waals surface area contributed by atoms with Gasteiger partial charge in [-0.1, -0.05) is 29.8 Å². The van der Waals surface area contributed by atoms with Crippen molar-refractivity contribution in [3.63, 3.8) is 0 Å². The van der Waals surface area contributed by atoms with Gasteiger partial charge in [0.15, 0.2) is 0 Å². The van der Waals surface area contributed by atoms with Crippen LogP contribution in [0.2, 0.25) is 5.02 Å². The van der Waals surface area contributed by atoms with Crippen molar-refractivity contribution in [2.45, 2.75) is 45.3 Å². The zero-order valence-corrected chi connectivity index (χ0v) is 23.2. The van der Waals surface area contributed by atoms with Crippen LogP contribution < -0.4 is 10.3 Å². The fourth-order valence-corrected chi connectivity index (χ4v) is 4.96. The van der Waals surface area contributed by atoms with E-state index >= 15 is 0 Å². The summed E-state index contributed by atoms with van der Waals surface area (Å²) >= 11 is 6.41. The average molecular weight is 554 g/mol. The summed E-state index contributed by atoms with van der Waals surface area (Å²) in [4.78, 5) is 35.8. The minimum Gasteiger partial charge on any atom is -0.490 e. The molecule has 0 radical (unpaired) electrons. The maximum atomic E-state index is 13.5. The first kappa shape index (κ1) is 27.0. The second-order valence-corrected chi connectivity index (χ2v) is 11.0. The third-order valence-corrected chi connectivity index (χ3v) is 6.83. The van der Waals surface area contributed by atoms with Gasteiger partial charge in [0.2, 0.25) is 0 Å². The molecule has 2 aromatic carbocycles. The van der Waals surface area contributed by atoms with Crippen molar-refractivity contribution in [1.29, 1.82) is 0 Å². The molecular formula is C28H32ClN5O5. The third-order valence-electron chi connectivity index (χ3n) is 6.53. The average Bonchev–Trinajstić information content (AvgIpc) is 3.52. The van der Waals surface area contributed by atoms with Crippen LogP contribution in [0.5, 0.6) is 5.75 Å². The smallest absolute Gasteiger partial charge is 0.410 e. The normalized spacial score (nSPS) is 15.8. The topological polar surface area (TPSA) is 112 Å². The van der Waals surface area contributed by atoms with Crippen molar-refractivity contribution in [2.24, 2.45) is 0 Å². The van der Waals surface area contributed by atoms with Crippen LogP contribution in [0.1, 0.15) is 44.8 Å². The summed E-state index contributed by atoms with van der Waals surface area (Å²) in [6.07, 6.45) is 0.597. The molecule has 206 valence electrons. The molecule has 0 saturated carbocycles. The number of carbonyl (C=O) groups is 1. The first-order valence-corrected chi connectivity index (χ1v) is 13.3. The number of aromatic amines is 1. The number of H-pyrrole nitrogens is 1. The summed E-state index contributed by atoms with van der Waals surface area (Å²) in [6, 6.07) is 10.8. The number of benzene rings is 2. The first-order chi connectivity index (χ1) is 18.6. The molecule has 1 unspecified atom stereocenters. The van der Waals surface area contributed by atoms with E-state index in [1.807, 2.05) is 45.0 Å². The number of aromatic nitrogens is 4. The fraction of sp³-hybridized carbons (Fsp3) is 0.429. The summed E-state index contributed by atoms with van der Waals surface area (Å²) in [6.45, 7) is 7.18. The highest BCUT2D eigenvalue weighted by Crippen LogP contribution is 2.30. The van der Waals surface area contributed by atoms with Gasteiger partial charge in [0.05, 0.1) is 46.2 Å². The van der Waals surface area contributed by atoms with E-state index in [2.05, 4.69) is 4.98 Å². The van der Waals surface area contributed by atoms with Crippen LogP contribution in [-0.4, -0.2) is 69.8 Å². The van der Waals surface area contributed by atoms with Gasteiger partial charge in [-0.25, -0.2) is 14.5 Å². The number of fused-ring (bicyclic) bond motifs is 2. The van der Waals surface area contributed by atoms with Crippen molar-refractivity contribution >= 4 is 39.5 Å². The van der Waals surface area contributed by atoms with Crippen LogP contribution in [0.15, 0.2) is 41.2 Å². The van der Waals surface area contributed by atoms with Crippen LogP contribution in [0.3, 0.4) is 0 Å². The predicted octanol–water partition coefficient (Wildman–Crippen LogP) is 4.72. The van der Waals surface area contributed by atoms with E-state index in [0.29, 0.717) is 72.3 Å². The molecule has 0 bridgehead atoms. The molecule has 11 heteroatoms. The van der Waals surface area contributed by atoms with Crippen molar-refractivity contribution in [2.75, 3.05) is 33.4 Å². The molecular weight excluding hydrogens is 522 g/mol. The van der Waals surface area contributed by atoms with E-state index in [4.69, 9.17) is 35.9 Å². The molecule has 1 aliphatic heterocycles. The minimum absolute atomic E-state index is 0.181. The zero-order chi connectivity index (χ0) is 27.7. The van der Waals surface area contributed by atoms with Crippen molar-refractivity contribution in [1.82, 2.24) is 24.6 Å². The van der Waals surface area contributed by atoms with E-state index in [9.17, 15) is 9.59 Å². The number of ether oxygens (including phenoxy) is 3. The molecule has 0 spiro atoms. The zero-order valence-electron chi connectivity index (χ0n) is 22.5. The maximum absolute atomic E-state index is 13.5. The van der Waals surface area contributed by atoms with E-state index in [0.717, 1.165) is 10.9 Å². The molecule has 1 fully saturated rings. The summed E-state index contributed by atoms with van der Waals surface area (Å²) in [5, 5.41) is 6.62. The number of likely N-dealkylation sites (tertiary alicyclic amines) is 1. The Labute approximate surface area is 230 Å². The Morgan fingerprint density at radius 3 is 2.69 bits per heavy atom. The first-order valence-electron chi connectivity index (χ1n) is 12.9. The lowest BCUT2D eigenvalue weighted by atomic mass is 10.1. The molecule has 39 heavy (non-hydrogen) atoms. The van der Waals surface area contributed by atoms with Gasteiger partial charge >= 0.3 is 6.09 Å². The third kappa shape index (κ3) is 5.86. The number of imidazole rings is 1. The van der Waals surface area contributed by atoms with Gasteiger partial charge in [-0.3, -0.25) is 4.79 Å². The molecule has 1 amide bonds. The number of methoxy groups -OCH3 is 1. The lowest BCUT2D eigenvalue weighted by molar-refractivity contribution is 0.0288. The standard InChI is InChI=1S/C28H32ClN5O5/c1-28(2,3)39-27(36)33-10-9-17(16-33)34-26(35)19-8-6-5-7-18(19)21(32-34)15-25-30-22-13-20(29)24(14-23(22)31-25)38-12-11-37-4/h5-8,13-14,17H,9-12,15-16H2,1-4H3,(H,30,31). The largest absolute Gasteiger partial charge is 0.490 e. The Morgan fingerprint density at radius 2 is 1.95 bits per heavy atom. The summed E-state index contributed by atoms with van der Waals surface area (Å²) in [5.74, 6) is 1.21. The molecule has 2 aromatic heterocycles. The lowest BCUT2D eigenvalue weighted by Gasteiger charge is -2.24. The molecule has 1 atom stereocenters. The molecule has 10 nitrogen and oxygen atoms in total. The number of nitrogens with one attached hydrogen (secondary N) is 1. The summed E-state index contributed by atoms with van der Waals surface area (Å²) in [5.41, 5.74) is 1.43. The number of amides is 1. The SMILES string of the molecule is COCCOc1cc2nc(Cc3nn(C4CCN(C(=O)OC(C)(C)C)C4)c(=O)c4ccccc34)[nH]c2cc1Cl. The highest BCUT2D eigenvalue weighted by Gasteiger charge is 2.32. The number of nitrogens with zero attached hydrogens (tertiary/aromatic N) is 4. The Balaban J connectivity index is 1.45. The van der Waals surface area contributed by atoms with Crippen LogP contribution in [-0.2, 0) is 15.9 Å². The number of rotatable bonds is 7. The number of hydrogen-bond acceptors (Lipinski definition) is 7. The molecule has 0 aliphatic carbocycles. The van der Waals surface area contributed by atoms with Gasteiger partial charge in [0.1, 0.15) is 23.8 Å². The second kappa shape index (κ2) is 10.9. The van der Waals surface area contributed by atoms with Crippen LogP contribution in [0.25, 0.3) is 21.8 Å². The lowest BCUT2D eigenvalue weighted by Crippen LogP contribution is -2.36. The molecule has 4 aromatic rings. The van der Waals surface area contributed by atoms with Gasteiger partial charge in [-0.05, 0) is 39.3 Å². The van der Waals surface area contributed by atoms with E-state index < -0.39 is 5.60 Å². The van der Waals surface area contributed by atoms with E-state index in [-0.39, 0.29) is 17.7 Å². The van der Waals surface area contributed by atoms with Gasteiger partial charge in [0, 0.05) is 31.7 Å². The fourth-order valence-electron chi connectivity index (χ4n) is 4.74. The maximum Gasteiger partial charge on any atom is 0.410 e. The molecule has 1 N–H and O–H groups in total. The van der Waals surface area contributed by atoms with Crippen molar-refractivity contribution < 1.29 is 19.0 Å². The summed E-state index contributed by atoms with van der Waals surface area (Å²) in [7, 11) is 1.61. The van der Waals surface area contributed by atoms with Crippen LogP contribution in [0, 0.1) is 0 Å². The molecule has 1 saturated heterocycles. The Bertz CT molecular complexity index is 1570. The van der Waals surface area contributed by atoms with Gasteiger partial charge in [0.25, 0.3) is 5.56 Å². The van der Waals surface area contributed by atoms with Gasteiger partial charge in [-0.15, -0.1) is 0 Å². The van der Waals surface area contributed by atoms with E-state index in [1.165, 1.54) is 4.68 Å². The highest BCUT2D eigenvalue weighted by molar-refractivity contribution is 6.32. The molecule has 1 aliphatic rings. The second-order valence-electron chi connectivity index (χ2n) is 10.6. The monoisotopic (exact) mass is 553 g/mol. The Morgan fingerprint density at radius 1 is 1.18 bits per heavy atom. The van der Waals surface area contributed by atoms with Crippen molar-refractivity contribution in [3.05, 3.63) is 63.3 Å². The van der Waals surface area contributed by atoms with Gasteiger partial charge < -0.3 is 24.1 Å². The van der Waals surface area contributed by atoms with Crippen LogP contribution in [0.4, 0.5) is 4.79 Å². The van der Waals surface area contributed by atoms with Crippen LogP contribution >= 0.6 is 11.6 Å². The van der Waals surface area contributed by atoms with Gasteiger partial charge in [-0.2, -0.15) is 5.10 Å². The number of carbonyl (C=O) groups excluding carboxylic acids is 1. The summed E-state index contributed by atoms with van der Waals surface area (Å²) < 4.78 is 17.8. The van der Waals surface area contributed by atoms with E-state index in [1.54, 1.807) is 24.1 Å². The number of hydrogen-bond donors (Lipinski definition) is 1.